The molecule has 0 atom stereocenters. The molecule has 2 heterocycles. The SMILES string of the molecule is CCCCN(C)CCCNC(=O)COCc1cc(-c2cccs2)on1. The molecule has 1 N–H and O–H groups in total. The Hall–Kier alpha value is -1.70. The van der Waals surface area contributed by atoms with E-state index in [1.807, 2.05) is 23.6 Å². The Morgan fingerprint density at radius 2 is 2.24 bits per heavy atom. The maximum atomic E-state index is 11.8. The summed E-state index contributed by atoms with van der Waals surface area (Å²) in [6.45, 7) is 5.26. The van der Waals surface area contributed by atoms with Gasteiger partial charge >= 0.3 is 0 Å². The topological polar surface area (TPSA) is 67.6 Å². The van der Waals surface area contributed by atoms with Gasteiger partial charge < -0.3 is 19.5 Å². The third-order valence-corrected chi connectivity index (χ3v) is 4.62. The van der Waals surface area contributed by atoms with Crippen molar-refractivity contribution in [3.05, 3.63) is 29.3 Å². The number of thiophene rings is 1. The molecule has 25 heavy (non-hydrogen) atoms. The second-order valence-electron chi connectivity index (χ2n) is 6.01. The van der Waals surface area contributed by atoms with Crippen molar-refractivity contribution in [2.24, 2.45) is 0 Å². The fourth-order valence-corrected chi connectivity index (χ4v) is 3.00. The second kappa shape index (κ2) is 11.0. The average molecular weight is 365 g/mol. The van der Waals surface area contributed by atoms with Crippen LogP contribution < -0.4 is 5.32 Å². The van der Waals surface area contributed by atoms with Crippen molar-refractivity contribution in [2.75, 3.05) is 33.3 Å². The van der Waals surface area contributed by atoms with Gasteiger partial charge in [-0.3, -0.25) is 4.79 Å². The highest BCUT2D eigenvalue weighted by Gasteiger charge is 2.08. The normalized spacial score (nSPS) is 11.2. The van der Waals surface area contributed by atoms with Crippen LogP contribution in [0.5, 0.6) is 0 Å². The van der Waals surface area contributed by atoms with Gasteiger partial charge in [-0.15, -0.1) is 11.3 Å². The van der Waals surface area contributed by atoms with E-state index in [1.165, 1.54) is 12.8 Å². The maximum absolute atomic E-state index is 11.8. The standard InChI is InChI=1S/C18H27N3O3S/c1-3-4-9-21(2)10-6-8-19-18(22)14-23-13-15-12-16(24-20-15)17-7-5-11-25-17/h5,7,11-12H,3-4,6,8-10,13-14H2,1-2H3,(H,19,22). The minimum Gasteiger partial charge on any atom is -0.365 e. The molecule has 0 saturated heterocycles. The summed E-state index contributed by atoms with van der Waals surface area (Å²) in [4.78, 5) is 15.1. The molecular weight excluding hydrogens is 338 g/mol. The molecule has 0 radical (unpaired) electrons. The van der Waals surface area contributed by atoms with E-state index in [1.54, 1.807) is 11.3 Å². The molecule has 0 fully saturated rings. The van der Waals surface area contributed by atoms with Crippen molar-refractivity contribution in [3.63, 3.8) is 0 Å². The van der Waals surface area contributed by atoms with E-state index < -0.39 is 0 Å². The number of unbranched alkanes of at least 4 members (excludes halogenated alkanes) is 1. The Morgan fingerprint density at radius 3 is 3.00 bits per heavy atom. The van der Waals surface area contributed by atoms with Crippen molar-refractivity contribution >= 4 is 17.2 Å². The summed E-state index contributed by atoms with van der Waals surface area (Å²) in [6, 6.07) is 5.78. The van der Waals surface area contributed by atoms with Gasteiger partial charge in [0.05, 0.1) is 11.5 Å². The summed E-state index contributed by atoms with van der Waals surface area (Å²) >= 11 is 1.59. The lowest BCUT2D eigenvalue weighted by Crippen LogP contribution is -2.31. The number of carbonyl (C=O) groups excluding carboxylic acids is 1. The van der Waals surface area contributed by atoms with Gasteiger partial charge in [-0.05, 0) is 44.4 Å². The van der Waals surface area contributed by atoms with Gasteiger partial charge in [-0.2, -0.15) is 0 Å². The molecule has 2 rings (SSSR count). The molecule has 2 aromatic rings. The molecule has 0 aromatic carbocycles. The van der Waals surface area contributed by atoms with Gasteiger partial charge in [0.1, 0.15) is 12.3 Å². The summed E-state index contributed by atoms with van der Waals surface area (Å²) in [5, 5.41) is 8.82. The first-order valence-corrected chi connectivity index (χ1v) is 9.59. The number of carbonyl (C=O) groups is 1. The van der Waals surface area contributed by atoms with Gasteiger partial charge in [0.25, 0.3) is 0 Å². The summed E-state index contributed by atoms with van der Waals surface area (Å²) in [6.07, 6.45) is 3.37. The van der Waals surface area contributed by atoms with Gasteiger partial charge in [0, 0.05) is 12.6 Å². The zero-order valence-corrected chi connectivity index (χ0v) is 15.8. The second-order valence-corrected chi connectivity index (χ2v) is 6.96. The van der Waals surface area contributed by atoms with Gasteiger partial charge in [0.2, 0.25) is 5.91 Å². The summed E-state index contributed by atoms with van der Waals surface area (Å²) in [7, 11) is 2.11. The first-order valence-electron chi connectivity index (χ1n) is 8.71. The summed E-state index contributed by atoms with van der Waals surface area (Å²) in [5.41, 5.74) is 0.689. The molecule has 0 spiro atoms. The highest BCUT2D eigenvalue weighted by molar-refractivity contribution is 7.13. The number of nitrogens with one attached hydrogen (secondary N) is 1. The zero-order valence-electron chi connectivity index (χ0n) is 15.0. The predicted molar refractivity (Wildman–Crippen MR) is 99.5 cm³/mol. The van der Waals surface area contributed by atoms with Gasteiger partial charge in [-0.25, -0.2) is 0 Å². The average Bonchev–Trinajstić information content (AvgIpc) is 3.28. The van der Waals surface area contributed by atoms with Crippen LogP contribution in [0.15, 0.2) is 28.1 Å². The van der Waals surface area contributed by atoms with Crippen molar-refractivity contribution in [1.82, 2.24) is 15.4 Å². The molecule has 7 heteroatoms. The van der Waals surface area contributed by atoms with Crippen LogP contribution >= 0.6 is 11.3 Å². The summed E-state index contributed by atoms with van der Waals surface area (Å²) in [5.74, 6) is 0.628. The maximum Gasteiger partial charge on any atom is 0.246 e. The molecule has 6 nitrogen and oxygen atoms in total. The number of hydrogen-bond acceptors (Lipinski definition) is 6. The largest absolute Gasteiger partial charge is 0.365 e. The van der Waals surface area contributed by atoms with Crippen LogP contribution in [0.3, 0.4) is 0 Å². The van der Waals surface area contributed by atoms with E-state index in [-0.39, 0.29) is 19.1 Å². The fourth-order valence-electron chi connectivity index (χ4n) is 2.33. The van der Waals surface area contributed by atoms with Crippen LogP contribution in [-0.4, -0.2) is 49.3 Å². The van der Waals surface area contributed by atoms with Crippen LogP contribution in [0.1, 0.15) is 31.9 Å². The van der Waals surface area contributed by atoms with Crippen molar-refractivity contribution < 1.29 is 14.1 Å². The number of ether oxygens (including phenoxy) is 1. The lowest BCUT2D eigenvalue weighted by molar-refractivity contribution is -0.126. The number of rotatable bonds is 12. The van der Waals surface area contributed by atoms with Crippen LogP contribution in [-0.2, 0) is 16.1 Å². The van der Waals surface area contributed by atoms with Crippen LogP contribution in [0.25, 0.3) is 10.6 Å². The van der Waals surface area contributed by atoms with Crippen molar-refractivity contribution in [3.8, 4) is 10.6 Å². The molecule has 0 aliphatic carbocycles. The van der Waals surface area contributed by atoms with Crippen LogP contribution in [0.2, 0.25) is 0 Å². The minimum absolute atomic E-state index is 0.0346. The molecule has 0 aliphatic rings. The van der Waals surface area contributed by atoms with E-state index in [9.17, 15) is 4.79 Å². The van der Waals surface area contributed by atoms with E-state index in [0.717, 1.165) is 30.1 Å². The Balaban J connectivity index is 1.55. The lowest BCUT2D eigenvalue weighted by Gasteiger charge is -2.15. The van der Waals surface area contributed by atoms with Gasteiger partial charge in [-0.1, -0.05) is 24.6 Å². The third-order valence-electron chi connectivity index (χ3n) is 3.74. The Labute approximate surface area is 153 Å². The molecule has 138 valence electrons. The van der Waals surface area contributed by atoms with E-state index in [2.05, 4.69) is 29.3 Å². The fraction of sp³-hybridized carbons (Fsp3) is 0.556. The predicted octanol–water partition coefficient (Wildman–Crippen LogP) is 3.16. The quantitative estimate of drug-likeness (QED) is 0.585. The molecule has 2 aromatic heterocycles. The highest BCUT2D eigenvalue weighted by Crippen LogP contribution is 2.25. The third kappa shape index (κ3) is 7.37. The molecular formula is C18H27N3O3S. The number of hydrogen-bond donors (Lipinski definition) is 1. The molecule has 0 saturated carbocycles. The monoisotopic (exact) mass is 365 g/mol. The highest BCUT2D eigenvalue weighted by atomic mass is 32.1. The lowest BCUT2D eigenvalue weighted by atomic mass is 10.3. The Kier molecular flexibility index (Phi) is 8.65. The Bertz CT molecular complexity index is 613. The van der Waals surface area contributed by atoms with Gasteiger partial charge in [0.15, 0.2) is 5.76 Å². The minimum atomic E-state index is -0.0989. The van der Waals surface area contributed by atoms with E-state index in [4.69, 9.17) is 9.26 Å². The van der Waals surface area contributed by atoms with Crippen molar-refractivity contribution in [1.29, 1.82) is 0 Å². The number of aromatic nitrogens is 1. The van der Waals surface area contributed by atoms with E-state index >= 15 is 0 Å². The smallest absolute Gasteiger partial charge is 0.246 e. The molecule has 0 unspecified atom stereocenters. The molecule has 0 bridgehead atoms. The van der Waals surface area contributed by atoms with Crippen LogP contribution in [0.4, 0.5) is 0 Å². The first-order chi connectivity index (χ1) is 12.2. The molecule has 1 amide bonds. The van der Waals surface area contributed by atoms with Crippen molar-refractivity contribution in [2.45, 2.75) is 32.8 Å². The van der Waals surface area contributed by atoms with Crippen LogP contribution in [0, 0.1) is 0 Å². The number of amides is 1. The first kappa shape index (κ1) is 19.6. The Morgan fingerprint density at radius 1 is 1.40 bits per heavy atom. The van der Waals surface area contributed by atoms with E-state index in [0.29, 0.717) is 12.2 Å². The zero-order chi connectivity index (χ0) is 17.9. The number of nitrogens with zero attached hydrogens (tertiary/aromatic N) is 2. The molecule has 0 aliphatic heterocycles. The summed E-state index contributed by atoms with van der Waals surface area (Å²) < 4.78 is 10.7.